The standard InChI is InChI=1S/C11H15NO3/c1-11(2,10(13)14)8-6-15-9(12-8)7-4-3-5-7/h6-7H,3-5H2,1-2H3,(H,13,14). The lowest BCUT2D eigenvalue weighted by molar-refractivity contribution is -0.142. The van der Waals surface area contributed by atoms with Crippen LogP contribution in [0.4, 0.5) is 0 Å². The number of carboxylic acids is 1. The van der Waals surface area contributed by atoms with Gasteiger partial charge >= 0.3 is 5.97 Å². The Morgan fingerprint density at radius 3 is 2.73 bits per heavy atom. The number of aromatic nitrogens is 1. The van der Waals surface area contributed by atoms with Crippen molar-refractivity contribution >= 4 is 5.97 Å². The molecule has 82 valence electrons. The molecule has 1 aliphatic carbocycles. The minimum atomic E-state index is -0.967. The fraction of sp³-hybridized carbons (Fsp3) is 0.636. The van der Waals surface area contributed by atoms with E-state index in [1.54, 1.807) is 13.8 Å². The van der Waals surface area contributed by atoms with Gasteiger partial charge in [-0.1, -0.05) is 6.42 Å². The minimum Gasteiger partial charge on any atom is -0.481 e. The third kappa shape index (κ3) is 1.64. The summed E-state index contributed by atoms with van der Waals surface area (Å²) in [6, 6.07) is 0. The summed E-state index contributed by atoms with van der Waals surface area (Å²) in [5.41, 5.74) is -0.456. The smallest absolute Gasteiger partial charge is 0.315 e. The van der Waals surface area contributed by atoms with Crippen molar-refractivity contribution in [1.29, 1.82) is 0 Å². The van der Waals surface area contributed by atoms with Crippen LogP contribution in [0, 0.1) is 0 Å². The van der Waals surface area contributed by atoms with E-state index in [4.69, 9.17) is 9.52 Å². The molecule has 0 spiro atoms. The van der Waals surface area contributed by atoms with Crippen molar-refractivity contribution in [2.75, 3.05) is 0 Å². The van der Waals surface area contributed by atoms with E-state index in [0.717, 1.165) is 12.8 Å². The first-order chi connectivity index (χ1) is 7.01. The van der Waals surface area contributed by atoms with Crippen molar-refractivity contribution < 1.29 is 14.3 Å². The summed E-state index contributed by atoms with van der Waals surface area (Å²) >= 11 is 0. The molecule has 0 aromatic carbocycles. The molecule has 1 aliphatic rings. The highest BCUT2D eigenvalue weighted by molar-refractivity contribution is 5.79. The van der Waals surface area contributed by atoms with Crippen LogP contribution in [-0.2, 0) is 10.2 Å². The molecule has 1 heterocycles. The lowest BCUT2D eigenvalue weighted by Crippen LogP contribution is -2.29. The van der Waals surface area contributed by atoms with E-state index in [-0.39, 0.29) is 0 Å². The second-order valence-electron chi connectivity index (χ2n) is 4.63. The third-order valence-corrected chi connectivity index (χ3v) is 3.15. The number of carbonyl (C=O) groups is 1. The number of hydrogen-bond donors (Lipinski definition) is 1. The van der Waals surface area contributed by atoms with Crippen molar-refractivity contribution in [3.05, 3.63) is 17.8 Å². The molecular weight excluding hydrogens is 194 g/mol. The van der Waals surface area contributed by atoms with Gasteiger partial charge in [-0.25, -0.2) is 4.98 Å². The Balaban J connectivity index is 2.22. The zero-order chi connectivity index (χ0) is 11.1. The first kappa shape index (κ1) is 10.2. The van der Waals surface area contributed by atoms with Crippen molar-refractivity contribution in [2.45, 2.75) is 44.4 Å². The van der Waals surface area contributed by atoms with Gasteiger partial charge in [-0.2, -0.15) is 0 Å². The highest BCUT2D eigenvalue weighted by Crippen LogP contribution is 2.36. The molecule has 0 atom stereocenters. The average molecular weight is 209 g/mol. The van der Waals surface area contributed by atoms with Gasteiger partial charge in [-0.15, -0.1) is 0 Å². The van der Waals surface area contributed by atoms with Crippen LogP contribution in [0.25, 0.3) is 0 Å². The van der Waals surface area contributed by atoms with Crippen LogP contribution < -0.4 is 0 Å². The molecule has 0 amide bonds. The van der Waals surface area contributed by atoms with E-state index >= 15 is 0 Å². The summed E-state index contributed by atoms with van der Waals surface area (Å²) in [6.07, 6.45) is 4.90. The van der Waals surface area contributed by atoms with E-state index in [0.29, 0.717) is 17.5 Å². The lowest BCUT2D eigenvalue weighted by Gasteiger charge is -2.21. The Bertz CT molecular complexity index is 377. The third-order valence-electron chi connectivity index (χ3n) is 3.15. The monoisotopic (exact) mass is 209 g/mol. The highest BCUT2D eigenvalue weighted by atomic mass is 16.4. The molecule has 4 heteroatoms. The summed E-state index contributed by atoms with van der Waals surface area (Å²) in [4.78, 5) is 15.3. The van der Waals surface area contributed by atoms with Crippen LogP contribution in [0.1, 0.15) is 50.6 Å². The van der Waals surface area contributed by atoms with Gasteiger partial charge in [0, 0.05) is 5.92 Å². The van der Waals surface area contributed by atoms with E-state index in [9.17, 15) is 4.79 Å². The van der Waals surface area contributed by atoms with Crippen LogP contribution in [0.15, 0.2) is 10.7 Å². The van der Waals surface area contributed by atoms with Gasteiger partial charge in [0.1, 0.15) is 11.7 Å². The molecule has 15 heavy (non-hydrogen) atoms. The van der Waals surface area contributed by atoms with E-state index < -0.39 is 11.4 Å². The number of rotatable bonds is 3. The molecule has 0 aliphatic heterocycles. The molecule has 2 rings (SSSR count). The van der Waals surface area contributed by atoms with Gasteiger partial charge in [0.25, 0.3) is 0 Å². The Hall–Kier alpha value is -1.32. The topological polar surface area (TPSA) is 63.3 Å². The normalized spacial score (nSPS) is 17.5. The van der Waals surface area contributed by atoms with Crippen LogP contribution in [-0.4, -0.2) is 16.1 Å². The van der Waals surface area contributed by atoms with Gasteiger partial charge in [0.15, 0.2) is 5.89 Å². The number of carboxylic acid groups (broad SMARTS) is 1. The van der Waals surface area contributed by atoms with Gasteiger partial charge in [-0.3, -0.25) is 4.79 Å². The summed E-state index contributed by atoms with van der Waals surface area (Å²) in [6.45, 7) is 3.27. The minimum absolute atomic E-state index is 0.406. The summed E-state index contributed by atoms with van der Waals surface area (Å²) < 4.78 is 5.33. The molecule has 0 radical (unpaired) electrons. The zero-order valence-corrected chi connectivity index (χ0v) is 8.99. The first-order valence-electron chi connectivity index (χ1n) is 5.21. The Morgan fingerprint density at radius 1 is 1.60 bits per heavy atom. The SMILES string of the molecule is CC(C)(C(=O)O)c1coc(C2CCC2)n1. The molecular formula is C11H15NO3. The zero-order valence-electron chi connectivity index (χ0n) is 8.99. The van der Waals surface area contributed by atoms with Crippen molar-refractivity contribution in [3.8, 4) is 0 Å². The predicted octanol–water partition coefficient (Wildman–Crippen LogP) is 2.30. The second kappa shape index (κ2) is 3.36. The van der Waals surface area contributed by atoms with Gasteiger partial charge in [-0.05, 0) is 26.7 Å². The number of oxazole rings is 1. The van der Waals surface area contributed by atoms with Gasteiger partial charge in [0.2, 0.25) is 0 Å². The Kier molecular flexibility index (Phi) is 2.29. The number of nitrogens with zero attached hydrogens (tertiary/aromatic N) is 1. The van der Waals surface area contributed by atoms with E-state index in [1.807, 2.05) is 0 Å². The maximum absolute atomic E-state index is 11.0. The lowest BCUT2D eigenvalue weighted by atomic mass is 9.85. The Labute approximate surface area is 88.3 Å². The van der Waals surface area contributed by atoms with Crippen LogP contribution >= 0.6 is 0 Å². The molecule has 0 saturated heterocycles. The van der Waals surface area contributed by atoms with E-state index in [1.165, 1.54) is 12.7 Å². The first-order valence-corrected chi connectivity index (χ1v) is 5.21. The van der Waals surface area contributed by atoms with E-state index in [2.05, 4.69) is 4.98 Å². The summed E-state index contributed by atoms with van der Waals surface area (Å²) in [5, 5.41) is 9.03. The molecule has 1 aromatic heterocycles. The fourth-order valence-electron chi connectivity index (χ4n) is 1.53. The van der Waals surface area contributed by atoms with Crippen LogP contribution in [0.2, 0.25) is 0 Å². The number of hydrogen-bond acceptors (Lipinski definition) is 3. The molecule has 1 fully saturated rings. The molecule has 1 N–H and O–H groups in total. The molecule has 0 bridgehead atoms. The second-order valence-corrected chi connectivity index (χ2v) is 4.63. The van der Waals surface area contributed by atoms with Crippen LogP contribution in [0.3, 0.4) is 0 Å². The fourth-order valence-corrected chi connectivity index (χ4v) is 1.53. The molecule has 1 saturated carbocycles. The van der Waals surface area contributed by atoms with Crippen LogP contribution in [0.5, 0.6) is 0 Å². The van der Waals surface area contributed by atoms with Crippen molar-refractivity contribution in [2.24, 2.45) is 0 Å². The maximum atomic E-state index is 11.0. The summed E-state index contributed by atoms with van der Waals surface area (Å²) in [5.74, 6) is 0.227. The number of aliphatic carboxylic acids is 1. The van der Waals surface area contributed by atoms with Crippen molar-refractivity contribution in [3.63, 3.8) is 0 Å². The highest BCUT2D eigenvalue weighted by Gasteiger charge is 2.34. The van der Waals surface area contributed by atoms with Gasteiger partial charge in [0.05, 0.1) is 5.69 Å². The largest absolute Gasteiger partial charge is 0.481 e. The quantitative estimate of drug-likeness (QED) is 0.829. The van der Waals surface area contributed by atoms with Gasteiger partial charge < -0.3 is 9.52 Å². The summed E-state index contributed by atoms with van der Waals surface area (Å²) in [7, 11) is 0. The maximum Gasteiger partial charge on any atom is 0.315 e. The molecule has 0 unspecified atom stereocenters. The molecule has 4 nitrogen and oxygen atoms in total. The Morgan fingerprint density at radius 2 is 2.27 bits per heavy atom. The molecule has 1 aromatic rings. The van der Waals surface area contributed by atoms with Crippen molar-refractivity contribution in [1.82, 2.24) is 4.98 Å². The predicted molar refractivity (Wildman–Crippen MR) is 53.8 cm³/mol. The average Bonchev–Trinajstić information content (AvgIpc) is 2.50.